The number of nitrogens with zero attached hydrogens (tertiary/aromatic N) is 1. The zero-order valence-corrected chi connectivity index (χ0v) is 9.28. The third-order valence-corrected chi connectivity index (χ3v) is 2.05. The Labute approximate surface area is 90.5 Å². The highest BCUT2D eigenvalue weighted by atomic mass is 16.5. The first-order chi connectivity index (χ1) is 7.18. The van der Waals surface area contributed by atoms with E-state index in [9.17, 15) is 4.79 Å². The van der Waals surface area contributed by atoms with Crippen molar-refractivity contribution in [1.82, 2.24) is 4.90 Å². The molecule has 0 bridgehead atoms. The summed E-state index contributed by atoms with van der Waals surface area (Å²) in [6.07, 6.45) is -0.316. The molecule has 1 rings (SSSR count). The molecule has 1 aliphatic heterocycles. The summed E-state index contributed by atoms with van der Waals surface area (Å²) in [7, 11) is 0. The van der Waals surface area contributed by atoms with Crippen LogP contribution in [0.3, 0.4) is 0 Å². The third-order valence-electron chi connectivity index (χ3n) is 2.05. The molecule has 1 saturated heterocycles. The molecule has 0 aromatic carbocycles. The van der Waals surface area contributed by atoms with E-state index in [0.29, 0.717) is 0 Å². The van der Waals surface area contributed by atoms with Crippen molar-refractivity contribution in [2.24, 2.45) is 0 Å². The quantitative estimate of drug-likeness (QED) is 0.485. The zero-order chi connectivity index (χ0) is 11.1. The first kappa shape index (κ1) is 12.0. The Kier molecular flexibility index (Phi) is 5.16. The molecular weight excluding hydrogens is 194 g/mol. The minimum Gasteiger partial charge on any atom is -0.450 e. The Balaban J connectivity index is 2.22. The van der Waals surface area contributed by atoms with E-state index in [2.05, 4.69) is 16.7 Å². The van der Waals surface area contributed by atoms with Crippen LogP contribution in [0, 0.1) is 11.8 Å². The van der Waals surface area contributed by atoms with Crippen LogP contribution in [0.1, 0.15) is 13.8 Å². The number of rotatable bonds is 2. The van der Waals surface area contributed by atoms with E-state index >= 15 is 0 Å². The maximum Gasteiger partial charge on any atom is 0.303 e. The Hall–Kier alpha value is -1.05. The van der Waals surface area contributed by atoms with Crippen molar-refractivity contribution in [3.63, 3.8) is 0 Å². The van der Waals surface area contributed by atoms with Crippen molar-refractivity contribution >= 4 is 5.97 Å². The first-order valence-corrected chi connectivity index (χ1v) is 5.14. The molecule has 0 radical (unpaired) electrons. The van der Waals surface area contributed by atoms with Crippen molar-refractivity contribution in [1.29, 1.82) is 0 Å². The van der Waals surface area contributed by atoms with Gasteiger partial charge >= 0.3 is 5.97 Å². The van der Waals surface area contributed by atoms with Crippen LogP contribution in [0.25, 0.3) is 0 Å². The summed E-state index contributed by atoms with van der Waals surface area (Å²) in [5, 5.41) is 0. The monoisotopic (exact) mass is 211 g/mol. The number of esters is 1. The summed E-state index contributed by atoms with van der Waals surface area (Å²) in [4.78, 5) is 12.8. The van der Waals surface area contributed by atoms with Gasteiger partial charge in [-0.15, -0.1) is 0 Å². The molecule has 84 valence electrons. The van der Waals surface area contributed by atoms with Crippen LogP contribution in [0.5, 0.6) is 0 Å². The largest absolute Gasteiger partial charge is 0.450 e. The number of ether oxygens (including phenoxy) is 2. The molecule has 0 aromatic heterocycles. The van der Waals surface area contributed by atoms with Crippen molar-refractivity contribution in [2.45, 2.75) is 20.0 Å². The molecule has 0 spiro atoms. The van der Waals surface area contributed by atoms with Gasteiger partial charge in [0.05, 0.1) is 19.8 Å². The summed E-state index contributed by atoms with van der Waals surface area (Å²) >= 11 is 0. The van der Waals surface area contributed by atoms with E-state index < -0.39 is 0 Å². The average molecular weight is 211 g/mol. The summed E-state index contributed by atoms with van der Waals surface area (Å²) in [6, 6.07) is 0. The van der Waals surface area contributed by atoms with Crippen LogP contribution in [-0.2, 0) is 14.3 Å². The second kappa shape index (κ2) is 6.44. The van der Waals surface area contributed by atoms with Gasteiger partial charge in [-0.25, -0.2) is 0 Å². The molecule has 1 aliphatic rings. The van der Waals surface area contributed by atoms with Crippen LogP contribution in [-0.4, -0.2) is 49.8 Å². The fraction of sp³-hybridized carbons (Fsp3) is 0.727. The highest BCUT2D eigenvalue weighted by molar-refractivity contribution is 5.66. The fourth-order valence-electron chi connectivity index (χ4n) is 1.34. The van der Waals surface area contributed by atoms with Crippen molar-refractivity contribution < 1.29 is 14.3 Å². The smallest absolute Gasteiger partial charge is 0.303 e. The lowest BCUT2D eigenvalue weighted by atomic mass is 10.3. The number of hydrogen-bond acceptors (Lipinski definition) is 4. The van der Waals surface area contributed by atoms with Gasteiger partial charge in [0.1, 0.15) is 0 Å². The summed E-state index contributed by atoms with van der Waals surface area (Å²) < 4.78 is 10.1. The topological polar surface area (TPSA) is 38.8 Å². The number of carbonyl (C=O) groups is 1. The van der Waals surface area contributed by atoms with E-state index in [1.54, 1.807) is 6.92 Å². The number of morpholine rings is 1. The number of carbonyl (C=O) groups excluding carboxylic acids is 1. The molecular formula is C11H17NO3. The van der Waals surface area contributed by atoms with E-state index in [1.165, 1.54) is 6.92 Å². The normalized spacial score (nSPS) is 18.8. The summed E-state index contributed by atoms with van der Waals surface area (Å²) in [5.74, 6) is 5.60. The molecule has 0 unspecified atom stereocenters. The van der Waals surface area contributed by atoms with Crippen molar-refractivity contribution in [2.75, 3.05) is 32.8 Å². The van der Waals surface area contributed by atoms with E-state index in [4.69, 9.17) is 9.47 Å². The Bertz CT molecular complexity index is 261. The summed E-state index contributed by atoms with van der Waals surface area (Å²) in [6.45, 7) is 7.29. The van der Waals surface area contributed by atoms with E-state index in [0.717, 1.165) is 32.8 Å². The van der Waals surface area contributed by atoms with Gasteiger partial charge in [0, 0.05) is 20.0 Å². The highest BCUT2D eigenvalue weighted by Gasteiger charge is 2.08. The third kappa shape index (κ3) is 5.40. The zero-order valence-electron chi connectivity index (χ0n) is 9.28. The van der Waals surface area contributed by atoms with Gasteiger partial charge in [-0.2, -0.15) is 0 Å². The molecule has 1 atom stereocenters. The maximum atomic E-state index is 10.6. The lowest BCUT2D eigenvalue weighted by Crippen LogP contribution is -2.36. The van der Waals surface area contributed by atoms with Crippen LogP contribution in [0.15, 0.2) is 0 Å². The Morgan fingerprint density at radius 3 is 2.80 bits per heavy atom. The predicted octanol–water partition coefficient (Wildman–Crippen LogP) is 0.274. The molecule has 0 aliphatic carbocycles. The van der Waals surface area contributed by atoms with Gasteiger partial charge in [0.25, 0.3) is 0 Å². The number of hydrogen-bond donors (Lipinski definition) is 0. The molecule has 0 aromatic rings. The van der Waals surface area contributed by atoms with Crippen LogP contribution in [0.2, 0.25) is 0 Å². The van der Waals surface area contributed by atoms with Crippen LogP contribution < -0.4 is 0 Å². The Morgan fingerprint density at radius 2 is 2.20 bits per heavy atom. The molecule has 0 N–H and O–H groups in total. The summed E-state index contributed by atoms with van der Waals surface area (Å²) in [5.41, 5.74) is 0. The van der Waals surface area contributed by atoms with Crippen LogP contribution >= 0.6 is 0 Å². The van der Waals surface area contributed by atoms with Crippen molar-refractivity contribution in [3.8, 4) is 11.8 Å². The van der Waals surface area contributed by atoms with Crippen LogP contribution in [0.4, 0.5) is 0 Å². The molecule has 4 nitrogen and oxygen atoms in total. The van der Waals surface area contributed by atoms with Gasteiger partial charge in [-0.05, 0) is 6.92 Å². The van der Waals surface area contributed by atoms with Gasteiger partial charge in [-0.3, -0.25) is 9.69 Å². The molecule has 4 heteroatoms. The van der Waals surface area contributed by atoms with Crippen molar-refractivity contribution in [3.05, 3.63) is 0 Å². The second-order valence-electron chi connectivity index (χ2n) is 3.46. The maximum absolute atomic E-state index is 10.6. The second-order valence-corrected chi connectivity index (χ2v) is 3.46. The van der Waals surface area contributed by atoms with Gasteiger partial charge < -0.3 is 9.47 Å². The van der Waals surface area contributed by atoms with Gasteiger partial charge in [0.2, 0.25) is 0 Å². The minimum absolute atomic E-state index is 0.289. The van der Waals surface area contributed by atoms with E-state index in [-0.39, 0.29) is 12.1 Å². The van der Waals surface area contributed by atoms with E-state index in [1.807, 2.05) is 0 Å². The first-order valence-electron chi connectivity index (χ1n) is 5.14. The predicted molar refractivity (Wildman–Crippen MR) is 56.3 cm³/mol. The SMILES string of the molecule is CC(=O)O[C@@H](C)C#CCN1CCOCC1. The highest BCUT2D eigenvalue weighted by Crippen LogP contribution is 1.95. The average Bonchev–Trinajstić information content (AvgIpc) is 2.18. The standard InChI is InChI=1S/C11H17NO3/c1-10(15-11(2)13)4-3-5-12-6-8-14-9-7-12/h10H,5-9H2,1-2H3/t10-/m0/s1. The van der Waals surface area contributed by atoms with Gasteiger partial charge in [-0.1, -0.05) is 11.8 Å². The molecule has 1 fully saturated rings. The molecule has 0 saturated carbocycles. The Morgan fingerprint density at radius 1 is 1.53 bits per heavy atom. The molecule has 1 heterocycles. The fourth-order valence-corrected chi connectivity index (χ4v) is 1.34. The molecule has 0 amide bonds. The van der Waals surface area contributed by atoms with Gasteiger partial charge in [0.15, 0.2) is 6.10 Å². The molecule has 15 heavy (non-hydrogen) atoms. The lowest BCUT2D eigenvalue weighted by molar-refractivity contribution is -0.143. The minimum atomic E-state index is -0.316. The lowest BCUT2D eigenvalue weighted by Gasteiger charge is -2.24.